The van der Waals surface area contributed by atoms with E-state index in [1.807, 2.05) is 0 Å². The summed E-state index contributed by atoms with van der Waals surface area (Å²) in [4.78, 5) is 8.78. The highest BCUT2D eigenvalue weighted by atomic mass is 16.5. The average molecular weight is 275 g/mol. The molecule has 0 aliphatic carbocycles. The van der Waals surface area contributed by atoms with Gasteiger partial charge in [0, 0.05) is 6.61 Å². The van der Waals surface area contributed by atoms with Crippen molar-refractivity contribution in [2.75, 3.05) is 26.4 Å². The molecule has 0 spiro atoms. The van der Waals surface area contributed by atoms with Gasteiger partial charge in [-0.05, 0) is 6.42 Å². The first kappa shape index (κ1) is 20.0. The van der Waals surface area contributed by atoms with Crippen molar-refractivity contribution in [1.82, 2.24) is 0 Å². The Bertz CT molecular complexity index is 236. The summed E-state index contributed by atoms with van der Waals surface area (Å²) in [5.74, 6) is 2.34. The van der Waals surface area contributed by atoms with Crippen molar-refractivity contribution in [2.45, 2.75) is 38.7 Å². The molecule has 6 nitrogen and oxygen atoms in total. The van der Waals surface area contributed by atoms with Crippen molar-refractivity contribution in [1.29, 1.82) is 0 Å². The van der Waals surface area contributed by atoms with Gasteiger partial charge in [0.25, 0.3) is 0 Å². The lowest BCUT2D eigenvalue weighted by Gasteiger charge is -2.10. The maximum absolute atomic E-state index is 9.36. The molecule has 6 heteroatoms. The number of ether oxygens (including phenoxy) is 2. The molecule has 19 heavy (non-hydrogen) atoms. The SMILES string of the molecule is C#CCOCC(O)COCCCCCC.NC(=O)O. The summed E-state index contributed by atoms with van der Waals surface area (Å²) < 4.78 is 10.3. The Morgan fingerprint density at radius 2 is 1.89 bits per heavy atom. The zero-order valence-corrected chi connectivity index (χ0v) is 11.5. The summed E-state index contributed by atoms with van der Waals surface area (Å²) in [5, 5.41) is 16.6. The molecule has 1 amide bonds. The second-order valence-corrected chi connectivity index (χ2v) is 3.85. The highest BCUT2D eigenvalue weighted by Gasteiger charge is 2.03. The molecule has 1 unspecified atom stereocenters. The van der Waals surface area contributed by atoms with Crippen LogP contribution in [-0.2, 0) is 9.47 Å². The summed E-state index contributed by atoms with van der Waals surface area (Å²) in [6.07, 6.45) is 7.82. The third-order valence-electron chi connectivity index (χ3n) is 1.95. The lowest BCUT2D eigenvalue weighted by molar-refractivity contribution is -0.0127. The van der Waals surface area contributed by atoms with Crippen molar-refractivity contribution in [2.24, 2.45) is 5.73 Å². The number of carboxylic acid groups (broad SMARTS) is 1. The Morgan fingerprint density at radius 1 is 1.32 bits per heavy atom. The highest BCUT2D eigenvalue weighted by molar-refractivity contribution is 5.61. The quantitative estimate of drug-likeness (QED) is 0.411. The maximum atomic E-state index is 9.36. The number of carbonyl (C=O) groups is 1. The fraction of sp³-hybridized carbons (Fsp3) is 0.769. The van der Waals surface area contributed by atoms with E-state index in [4.69, 9.17) is 25.8 Å². The summed E-state index contributed by atoms with van der Waals surface area (Å²) in [7, 11) is 0. The predicted molar refractivity (Wildman–Crippen MR) is 72.8 cm³/mol. The van der Waals surface area contributed by atoms with Crippen LogP contribution in [0.25, 0.3) is 0 Å². The first-order valence-corrected chi connectivity index (χ1v) is 6.30. The summed E-state index contributed by atoms with van der Waals surface area (Å²) >= 11 is 0. The van der Waals surface area contributed by atoms with Crippen molar-refractivity contribution in [3.63, 3.8) is 0 Å². The van der Waals surface area contributed by atoms with Gasteiger partial charge in [0.1, 0.15) is 12.7 Å². The van der Waals surface area contributed by atoms with Gasteiger partial charge in [0.2, 0.25) is 0 Å². The number of aliphatic hydroxyl groups is 1. The molecule has 0 saturated heterocycles. The van der Waals surface area contributed by atoms with Crippen LogP contribution in [0, 0.1) is 12.3 Å². The van der Waals surface area contributed by atoms with Gasteiger partial charge in [-0.3, -0.25) is 0 Å². The molecule has 0 fully saturated rings. The minimum atomic E-state index is -1.33. The smallest absolute Gasteiger partial charge is 0.402 e. The normalized spacial score (nSPS) is 11.0. The predicted octanol–water partition coefficient (Wildman–Crippen LogP) is 1.22. The van der Waals surface area contributed by atoms with E-state index >= 15 is 0 Å². The first-order chi connectivity index (χ1) is 9.04. The van der Waals surface area contributed by atoms with Gasteiger partial charge >= 0.3 is 6.09 Å². The lowest BCUT2D eigenvalue weighted by Crippen LogP contribution is -2.22. The molecule has 112 valence electrons. The van der Waals surface area contributed by atoms with Gasteiger partial charge in [-0.1, -0.05) is 32.1 Å². The van der Waals surface area contributed by atoms with Crippen LogP contribution < -0.4 is 5.73 Å². The van der Waals surface area contributed by atoms with Gasteiger partial charge in [-0.25, -0.2) is 4.79 Å². The molecule has 0 aliphatic heterocycles. The number of nitrogens with two attached hydrogens (primary N) is 1. The second-order valence-electron chi connectivity index (χ2n) is 3.85. The maximum Gasteiger partial charge on any atom is 0.402 e. The van der Waals surface area contributed by atoms with E-state index in [9.17, 15) is 5.11 Å². The van der Waals surface area contributed by atoms with Crippen LogP contribution in [0.3, 0.4) is 0 Å². The minimum absolute atomic E-state index is 0.244. The standard InChI is InChI=1S/C12H22O3.CH3NO2/c1-3-5-6-7-9-15-11-12(13)10-14-8-4-2;2-1(3)4/h2,12-13H,3,5-11H2,1H3;2H2,(H,3,4). The van der Waals surface area contributed by atoms with Gasteiger partial charge in [0.15, 0.2) is 0 Å². The second kappa shape index (κ2) is 16.7. The number of unbranched alkanes of at least 4 members (excludes halogenated alkanes) is 3. The summed E-state index contributed by atoms with van der Waals surface area (Å²) in [6, 6.07) is 0. The fourth-order valence-electron chi connectivity index (χ4n) is 1.15. The first-order valence-electron chi connectivity index (χ1n) is 6.30. The molecule has 0 radical (unpaired) electrons. The Balaban J connectivity index is 0. The largest absolute Gasteiger partial charge is 0.465 e. The number of hydrogen-bond donors (Lipinski definition) is 3. The molecule has 4 N–H and O–H groups in total. The van der Waals surface area contributed by atoms with Crippen LogP contribution in [0.2, 0.25) is 0 Å². The Morgan fingerprint density at radius 3 is 2.42 bits per heavy atom. The van der Waals surface area contributed by atoms with Gasteiger partial charge < -0.3 is 25.4 Å². The van der Waals surface area contributed by atoms with Crippen molar-refractivity contribution >= 4 is 6.09 Å². The van der Waals surface area contributed by atoms with E-state index in [1.165, 1.54) is 19.3 Å². The third kappa shape index (κ3) is 26.4. The number of aliphatic hydroxyl groups excluding tert-OH is 1. The molecule has 0 aliphatic rings. The molecule has 0 aromatic heterocycles. The van der Waals surface area contributed by atoms with E-state index in [-0.39, 0.29) is 13.2 Å². The molecule has 0 saturated carbocycles. The monoisotopic (exact) mass is 275 g/mol. The number of terminal acetylenes is 1. The molecular formula is C13H25NO5. The lowest BCUT2D eigenvalue weighted by atomic mass is 10.2. The van der Waals surface area contributed by atoms with E-state index < -0.39 is 12.2 Å². The third-order valence-corrected chi connectivity index (χ3v) is 1.95. The molecule has 0 bridgehead atoms. The van der Waals surface area contributed by atoms with Gasteiger partial charge in [-0.15, -0.1) is 6.42 Å². The molecule has 0 heterocycles. The van der Waals surface area contributed by atoms with E-state index in [0.29, 0.717) is 13.2 Å². The molecular weight excluding hydrogens is 250 g/mol. The van der Waals surface area contributed by atoms with E-state index in [2.05, 4.69) is 18.6 Å². The number of hydrogen-bond acceptors (Lipinski definition) is 4. The Kier molecular flexibility index (Phi) is 17.6. The molecule has 0 aromatic rings. The minimum Gasteiger partial charge on any atom is -0.465 e. The van der Waals surface area contributed by atoms with Crippen LogP contribution in [0.4, 0.5) is 4.79 Å². The number of rotatable bonds is 10. The topological polar surface area (TPSA) is 102 Å². The Hall–Kier alpha value is -1.29. The molecule has 0 aromatic carbocycles. The highest BCUT2D eigenvalue weighted by Crippen LogP contribution is 1.99. The summed E-state index contributed by atoms with van der Waals surface area (Å²) in [5.41, 5.74) is 4.03. The zero-order valence-electron chi connectivity index (χ0n) is 11.5. The van der Waals surface area contributed by atoms with E-state index in [0.717, 1.165) is 6.42 Å². The van der Waals surface area contributed by atoms with Crippen LogP contribution in [0.1, 0.15) is 32.6 Å². The zero-order chi connectivity index (χ0) is 14.9. The van der Waals surface area contributed by atoms with Gasteiger partial charge in [-0.2, -0.15) is 0 Å². The van der Waals surface area contributed by atoms with Crippen molar-refractivity contribution in [3.8, 4) is 12.3 Å². The van der Waals surface area contributed by atoms with Crippen LogP contribution in [0.5, 0.6) is 0 Å². The molecule has 0 rings (SSSR count). The van der Waals surface area contributed by atoms with Gasteiger partial charge in [0.05, 0.1) is 13.2 Å². The average Bonchev–Trinajstić information content (AvgIpc) is 2.33. The van der Waals surface area contributed by atoms with Crippen LogP contribution in [-0.4, -0.2) is 48.8 Å². The number of amides is 1. The van der Waals surface area contributed by atoms with Crippen molar-refractivity contribution < 1.29 is 24.5 Å². The van der Waals surface area contributed by atoms with Crippen LogP contribution >= 0.6 is 0 Å². The fourth-order valence-corrected chi connectivity index (χ4v) is 1.15. The summed E-state index contributed by atoms with van der Waals surface area (Å²) in [6.45, 7) is 3.71. The number of primary amides is 1. The van der Waals surface area contributed by atoms with Crippen molar-refractivity contribution in [3.05, 3.63) is 0 Å². The molecule has 1 atom stereocenters. The Labute approximate surface area is 114 Å². The van der Waals surface area contributed by atoms with E-state index in [1.54, 1.807) is 0 Å². The van der Waals surface area contributed by atoms with Crippen LogP contribution in [0.15, 0.2) is 0 Å².